The van der Waals surface area contributed by atoms with Gasteiger partial charge in [-0.3, -0.25) is 4.79 Å². The zero-order valence-electron chi connectivity index (χ0n) is 26.8. The number of allylic oxidation sites excluding steroid dienone is 4. The van der Waals surface area contributed by atoms with Crippen LogP contribution in [0.3, 0.4) is 0 Å². The highest BCUT2D eigenvalue weighted by atomic mass is 16.6. The Balaban J connectivity index is 0.000000266. The number of phenols is 7. The van der Waals surface area contributed by atoms with E-state index in [4.69, 9.17) is 9.47 Å². The van der Waals surface area contributed by atoms with Gasteiger partial charge in [-0.25, -0.2) is 4.79 Å². The predicted octanol–water partition coefficient (Wildman–Crippen LogP) is 3.55. The zero-order valence-corrected chi connectivity index (χ0v) is 26.8. The number of benzene rings is 3. The minimum absolute atomic E-state index is 0.0461. The van der Waals surface area contributed by atoms with Crippen LogP contribution in [0.25, 0.3) is 0 Å². The van der Waals surface area contributed by atoms with Crippen molar-refractivity contribution >= 4 is 18.0 Å². The number of aromatic hydroxyl groups is 7. The van der Waals surface area contributed by atoms with Gasteiger partial charge in [0.2, 0.25) is 0 Å². The Kier molecular flexibility index (Phi) is 12.0. The summed E-state index contributed by atoms with van der Waals surface area (Å²) in [5.74, 6) is -6.20. The second-order valence-electron chi connectivity index (χ2n) is 11.8. The Morgan fingerprint density at radius 2 is 1.60 bits per heavy atom. The first-order chi connectivity index (χ1) is 23.7. The SMILES string of the molecule is CCCC=CC=CC1CC(O)C(O)C(=O)C1C=O.O=C(OC1Cc2c(O)cc(O)cc2OC1c1ccc(O)c(O)c1)c1cc(O)c(O)c(O)c1. The van der Waals surface area contributed by atoms with E-state index in [1.807, 2.05) is 12.2 Å². The van der Waals surface area contributed by atoms with Crippen LogP contribution in [0, 0.1) is 11.8 Å². The fourth-order valence-corrected chi connectivity index (χ4v) is 5.55. The standard InChI is InChI=1S/C22H18O10.C14H20O4/c23-11-6-14(25)12-8-19(32-22(30)10-4-16(27)20(29)17(28)5-10)21(31-18(12)7-11)9-1-2-13(24)15(26)3-9;1-2-3-4-5-6-7-10-8-12(16)14(18)13(17)11(10)9-15/h1-7,19,21,23-29H,8H2;4-7,9-12,14,16,18H,2-3,8H2,1H3. The molecule has 1 saturated carbocycles. The highest BCUT2D eigenvalue weighted by Gasteiger charge is 2.41. The minimum Gasteiger partial charge on any atom is -0.508 e. The third-order valence-electron chi connectivity index (χ3n) is 8.23. The Morgan fingerprint density at radius 3 is 2.24 bits per heavy atom. The molecule has 14 heteroatoms. The van der Waals surface area contributed by atoms with Crippen molar-refractivity contribution in [1.82, 2.24) is 0 Å². The Labute approximate surface area is 286 Å². The van der Waals surface area contributed by atoms with E-state index in [1.54, 1.807) is 12.2 Å². The topological polar surface area (TPSA) is 252 Å². The second-order valence-corrected chi connectivity index (χ2v) is 11.8. The first kappa shape index (κ1) is 37.1. The van der Waals surface area contributed by atoms with Gasteiger partial charge in [0, 0.05) is 29.7 Å². The lowest BCUT2D eigenvalue weighted by Gasteiger charge is -2.34. The molecule has 9 N–H and O–H groups in total. The molecule has 6 atom stereocenters. The van der Waals surface area contributed by atoms with E-state index in [0.29, 0.717) is 11.8 Å². The van der Waals surface area contributed by atoms with E-state index in [-0.39, 0.29) is 52.9 Å². The van der Waals surface area contributed by atoms with Gasteiger partial charge in [0.1, 0.15) is 35.7 Å². The van der Waals surface area contributed by atoms with Gasteiger partial charge in [-0.15, -0.1) is 0 Å². The lowest BCUT2D eigenvalue weighted by atomic mass is 9.76. The highest BCUT2D eigenvalue weighted by molar-refractivity contribution is 5.97. The van der Waals surface area contributed by atoms with E-state index >= 15 is 0 Å². The Bertz CT molecular complexity index is 1760. The molecule has 0 saturated heterocycles. The molecule has 50 heavy (non-hydrogen) atoms. The number of carbonyl (C=O) groups excluding carboxylic acids is 3. The van der Waals surface area contributed by atoms with Crippen LogP contribution in [0.15, 0.2) is 66.8 Å². The first-order valence-corrected chi connectivity index (χ1v) is 15.6. The lowest BCUT2D eigenvalue weighted by Crippen LogP contribution is -2.47. The van der Waals surface area contributed by atoms with Crippen LogP contribution >= 0.6 is 0 Å². The van der Waals surface area contributed by atoms with Crippen molar-refractivity contribution in [3.8, 4) is 46.0 Å². The molecule has 1 aliphatic carbocycles. The number of ketones is 1. The number of carbonyl (C=O) groups is 3. The normalized spacial score (nSPS) is 23.1. The Hall–Kier alpha value is -5.73. The molecular weight excluding hydrogens is 656 g/mol. The maximum absolute atomic E-state index is 12.7. The second kappa shape index (κ2) is 16.1. The minimum atomic E-state index is -1.43. The molecule has 1 fully saturated rings. The highest BCUT2D eigenvalue weighted by Crippen LogP contribution is 2.44. The number of hydrogen-bond acceptors (Lipinski definition) is 14. The average Bonchev–Trinajstić information content (AvgIpc) is 3.07. The van der Waals surface area contributed by atoms with E-state index in [1.165, 1.54) is 24.3 Å². The average molecular weight is 695 g/mol. The maximum atomic E-state index is 12.7. The number of phenolic OH excluding ortho intramolecular Hbond substituents is 7. The van der Waals surface area contributed by atoms with Crippen molar-refractivity contribution in [2.24, 2.45) is 11.8 Å². The monoisotopic (exact) mass is 694 g/mol. The number of aliphatic hydroxyl groups is 2. The summed E-state index contributed by atoms with van der Waals surface area (Å²) in [4.78, 5) is 35.2. The van der Waals surface area contributed by atoms with Gasteiger partial charge in [0.05, 0.1) is 17.6 Å². The predicted molar refractivity (Wildman–Crippen MR) is 175 cm³/mol. The smallest absolute Gasteiger partial charge is 0.338 e. The van der Waals surface area contributed by atoms with Crippen molar-refractivity contribution in [1.29, 1.82) is 0 Å². The van der Waals surface area contributed by atoms with Crippen LogP contribution in [0.5, 0.6) is 46.0 Å². The van der Waals surface area contributed by atoms with Crippen molar-refractivity contribution < 1.29 is 69.8 Å². The number of fused-ring (bicyclic) bond motifs is 1. The fourth-order valence-electron chi connectivity index (χ4n) is 5.55. The van der Waals surface area contributed by atoms with Gasteiger partial charge in [-0.05, 0) is 43.0 Å². The first-order valence-electron chi connectivity index (χ1n) is 15.6. The van der Waals surface area contributed by atoms with E-state index < -0.39 is 65.1 Å². The number of unbranched alkanes of at least 4 members (excludes halogenated alkanes) is 1. The molecule has 0 radical (unpaired) electrons. The molecular formula is C36H38O14. The van der Waals surface area contributed by atoms with Crippen molar-refractivity contribution in [3.63, 3.8) is 0 Å². The summed E-state index contributed by atoms with van der Waals surface area (Å²) in [7, 11) is 0. The summed E-state index contributed by atoms with van der Waals surface area (Å²) in [6, 6.07) is 8.07. The molecule has 1 aliphatic heterocycles. The number of aldehydes is 1. The van der Waals surface area contributed by atoms with Crippen molar-refractivity contribution in [2.75, 3.05) is 0 Å². The molecule has 3 aromatic rings. The van der Waals surface area contributed by atoms with Gasteiger partial charge >= 0.3 is 5.97 Å². The van der Waals surface area contributed by atoms with Crippen LogP contribution in [0.2, 0.25) is 0 Å². The summed E-state index contributed by atoms with van der Waals surface area (Å²) >= 11 is 0. The maximum Gasteiger partial charge on any atom is 0.338 e. The Morgan fingerprint density at radius 1 is 0.900 bits per heavy atom. The molecule has 3 aromatic carbocycles. The molecule has 0 amide bonds. The van der Waals surface area contributed by atoms with Gasteiger partial charge < -0.3 is 60.2 Å². The van der Waals surface area contributed by atoms with E-state index in [2.05, 4.69) is 6.92 Å². The number of aliphatic hydroxyl groups excluding tert-OH is 2. The molecule has 0 spiro atoms. The third-order valence-corrected chi connectivity index (χ3v) is 8.23. The van der Waals surface area contributed by atoms with Crippen LogP contribution in [-0.4, -0.2) is 82.3 Å². The van der Waals surface area contributed by atoms with Gasteiger partial charge in [0.15, 0.2) is 40.6 Å². The molecule has 1 heterocycles. The summed E-state index contributed by atoms with van der Waals surface area (Å²) in [5, 5.41) is 87.2. The largest absolute Gasteiger partial charge is 0.508 e. The molecule has 2 aliphatic rings. The summed E-state index contributed by atoms with van der Waals surface area (Å²) in [6.45, 7) is 2.08. The molecule has 14 nitrogen and oxygen atoms in total. The number of esters is 1. The molecule has 0 bridgehead atoms. The third kappa shape index (κ3) is 8.46. The summed E-state index contributed by atoms with van der Waals surface area (Å²) < 4.78 is 11.4. The van der Waals surface area contributed by atoms with E-state index in [0.717, 1.165) is 31.0 Å². The number of Topliss-reactive ketones (excluding diaryl/α,β-unsaturated/α-hetero) is 1. The van der Waals surface area contributed by atoms with Crippen molar-refractivity contribution in [3.05, 3.63) is 83.5 Å². The number of ether oxygens (including phenoxy) is 2. The van der Waals surface area contributed by atoms with Crippen LogP contribution in [-0.2, 0) is 20.7 Å². The quantitative estimate of drug-likeness (QED) is 0.0538. The fraction of sp³-hybridized carbons (Fsp3) is 0.306. The number of hydrogen-bond donors (Lipinski definition) is 9. The van der Waals surface area contributed by atoms with Gasteiger partial charge in [-0.1, -0.05) is 43.7 Å². The molecule has 0 aromatic heterocycles. The molecule has 5 rings (SSSR count). The lowest BCUT2D eigenvalue weighted by molar-refractivity contribution is -0.146. The van der Waals surface area contributed by atoms with Gasteiger partial charge in [0.25, 0.3) is 0 Å². The molecule has 266 valence electrons. The van der Waals surface area contributed by atoms with Crippen LogP contribution in [0.1, 0.15) is 53.8 Å². The summed E-state index contributed by atoms with van der Waals surface area (Å²) in [5.41, 5.74) is 0.324. The summed E-state index contributed by atoms with van der Waals surface area (Å²) in [6.07, 6.45) is 5.60. The number of rotatable bonds is 8. The van der Waals surface area contributed by atoms with Crippen molar-refractivity contribution in [2.45, 2.75) is 57.0 Å². The van der Waals surface area contributed by atoms with E-state index in [9.17, 15) is 60.3 Å². The zero-order chi connectivity index (χ0) is 36.7. The molecule has 6 unspecified atom stereocenters. The van der Waals surface area contributed by atoms with Gasteiger partial charge in [-0.2, -0.15) is 0 Å². The van der Waals surface area contributed by atoms with Crippen LogP contribution in [0.4, 0.5) is 0 Å². The van der Waals surface area contributed by atoms with Crippen LogP contribution < -0.4 is 4.74 Å².